The molecule has 0 unspecified atom stereocenters. The van der Waals surface area contributed by atoms with Crippen LogP contribution in [-0.2, 0) is 14.3 Å². The third-order valence-corrected chi connectivity index (χ3v) is 8.62. The van der Waals surface area contributed by atoms with Gasteiger partial charge < -0.3 is 4.74 Å². The van der Waals surface area contributed by atoms with E-state index in [2.05, 4.69) is 13.8 Å². The molecule has 0 aromatic carbocycles. The van der Waals surface area contributed by atoms with Gasteiger partial charge in [0, 0.05) is 23.7 Å². The summed E-state index contributed by atoms with van der Waals surface area (Å²) in [5.74, 6) is -0.770. The van der Waals surface area contributed by atoms with E-state index >= 15 is 0 Å². The van der Waals surface area contributed by atoms with Crippen molar-refractivity contribution in [1.29, 1.82) is 0 Å². The zero-order chi connectivity index (χ0) is 25.1. The monoisotopic (exact) mass is 405 g/mol. The molecule has 162 valence electrons. The van der Waals surface area contributed by atoms with Gasteiger partial charge in [-0.05, 0) is 80.5 Å². The van der Waals surface area contributed by atoms with Gasteiger partial charge in [-0.15, -0.1) is 0 Å². The fourth-order valence-electron chi connectivity index (χ4n) is 6.86. The molecular weight excluding hydrogens is 360 g/mol. The summed E-state index contributed by atoms with van der Waals surface area (Å²) >= 11 is 0. The number of hydrogen-bond donors (Lipinski definition) is 0. The molecule has 0 aromatic heterocycles. The first-order valence-corrected chi connectivity index (χ1v) is 11.7. The highest BCUT2D eigenvalue weighted by molar-refractivity contribution is 5.91. The average molecular weight is 406 g/mol. The largest absolute Gasteiger partial charge is 0.462 e. The Morgan fingerprint density at radius 2 is 1.97 bits per heavy atom. The predicted octanol–water partition coefficient (Wildman–Crippen LogP) is 6.40. The number of carbonyl (C=O) groups is 2. The zero-order valence-electron chi connectivity index (χ0n) is 23.3. The van der Waals surface area contributed by atoms with Gasteiger partial charge in [0.05, 0.1) is 1.37 Å². The van der Waals surface area contributed by atoms with Crippen molar-refractivity contribution in [3.63, 3.8) is 0 Å². The Morgan fingerprint density at radius 3 is 2.76 bits per heavy atom. The normalized spacial score (nSPS) is 47.6. The lowest BCUT2D eigenvalue weighted by molar-refractivity contribution is -0.160. The summed E-state index contributed by atoms with van der Waals surface area (Å²) in [5, 5.41) is 0. The third-order valence-electron chi connectivity index (χ3n) is 8.62. The van der Waals surface area contributed by atoms with Crippen molar-refractivity contribution >= 4 is 11.8 Å². The Kier molecular flexibility index (Phi) is 4.42. The van der Waals surface area contributed by atoms with E-state index in [4.69, 9.17) is 11.6 Å². The fourth-order valence-corrected chi connectivity index (χ4v) is 6.86. The lowest BCUT2D eigenvalue weighted by Gasteiger charge is -2.57. The summed E-state index contributed by atoms with van der Waals surface area (Å²) in [6, 6.07) is -0.447. The van der Waals surface area contributed by atoms with Crippen molar-refractivity contribution in [1.82, 2.24) is 0 Å². The van der Waals surface area contributed by atoms with Gasteiger partial charge in [-0.2, -0.15) is 0 Å². The maximum Gasteiger partial charge on any atom is 0.306 e. The number of hydrogen-bond acceptors (Lipinski definition) is 3. The highest BCUT2D eigenvalue weighted by atomic mass is 16.5. The Hall–Kier alpha value is -1.12. The second-order valence-electron chi connectivity index (χ2n) is 10.3. The standard InChI is InChI=1S/C26H40O3/c1-4-5-6-7-8-24(28)29-23-12-11-21-20-10-9-18-17-19(27)13-15-25(18,2)22(20)14-16-26(21,23)3/h17,20-23H,4-16H2,1-3H3/t20-,21-,22-,23-,25-,26-/m0/s1/i9D2,13D2,17D. The van der Waals surface area contributed by atoms with Crippen molar-refractivity contribution in [3.8, 4) is 0 Å². The molecule has 0 radical (unpaired) electrons. The Morgan fingerprint density at radius 1 is 1.14 bits per heavy atom. The SMILES string of the molecule is [2H]C1=C2C([2H])([2H])C[C@H]3[C@@H]4CC[C@H](OC(=O)CCCCCC)[C@@]4(C)CC[C@@H]3[C@@]2(C)CC([2H])([2H])C1=O. The van der Waals surface area contributed by atoms with Crippen LogP contribution in [0.2, 0.25) is 0 Å². The van der Waals surface area contributed by atoms with E-state index in [0.29, 0.717) is 6.42 Å². The van der Waals surface area contributed by atoms with Crippen molar-refractivity contribution in [2.45, 2.75) is 110 Å². The number of rotatable bonds is 6. The lowest BCUT2D eigenvalue weighted by Crippen LogP contribution is -2.51. The molecule has 3 nitrogen and oxygen atoms in total. The molecule has 0 saturated heterocycles. The van der Waals surface area contributed by atoms with Crippen LogP contribution in [0.4, 0.5) is 0 Å². The van der Waals surface area contributed by atoms with Crippen LogP contribution in [0.5, 0.6) is 0 Å². The number of carbonyl (C=O) groups excluding carboxylic acids is 2. The molecule has 4 aliphatic rings. The molecule has 0 bridgehead atoms. The van der Waals surface area contributed by atoms with E-state index in [1.165, 1.54) is 0 Å². The van der Waals surface area contributed by atoms with Crippen LogP contribution >= 0.6 is 0 Å². The molecule has 0 aromatic rings. The smallest absolute Gasteiger partial charge is 0.306 e. The van der Waals surface area contributed by atoms with E-state index in [9.17, 15) is 9.59 Å². The molecule has 29 heavy (non-hydrogen) atoms. The second-order valence-corrected chi connectivity index (χ2v) is 10.3. The molecule has 0 heterocycles. The van der Waals surface area contributed by atoms with Gasteiger partial charge in [0.2, 0.25) is 0 Å². The van der Waals surface area contributed by atoms with Crippen LogP contribution in [0.1, 0.15) is 111 Å². The molecule has 3 heteroatoms. The van der Waals surface area contributed by atoms with Crippen molar-refractivity contribution < 1.29 is 21.2 Å². The molecule has 3 fully saturated rings. The molecule has 0 spiro atoms. The number of allylic oxidation sites excluding steroid dienone is 1. The van der Waals surface area contributed by atoms with Gasteiger partial charge >= 0.3 is 5.97 Å². The van der Waals surface area contributed by atoms with Crippen LogP contribution in [0, 0.1) is 28.6 Å². The van der Waals surface area contributed by atoms with Gasteiger partial charge in [0.15, 0.2) is 5.78 Å². The van der Waals surface area contributed by atoms with Crippen molar-refractivity contribution in [2.24, 2.45) is 28.6 Å². The predicted molar refractivity (Wildman–Crippen MR) is 115 cm³/mol. The van der Waals surface area contributed by atoms with Crippen molar-refractivity contribution in [3.05, 3.63) is 11.6 Å². The van der Waals surface area contributed by atoms with E-state index in [0.717, 1.165) is 51.4 Å². The van der Waals surface area contributed by atoms with E-state index in [1.54, 1.807) is 0 Å². The minimum Gasteiger partial charge on any atom is -0.462 e. The third kappa shape index (κ3) is 3.72. The number of ether oxygens (including phenoxy) is 1. The molecule has 4 aliphatic carbocycles. The summed E-state index contributed by atoms with van der Waals surface area (Å²) in [4.78, 5) is 25.1. The minimum absolute atomic E-state index is 0.0209. The number of unbranched alkanes of at least 4 members (excludes halogenated alkanes) is 3. The first-order chi connectivity index (χ1) is 15.8. The second kappa shape index (κ2) is 8.19. The first-order valence-electron chi connectivity index (χ1n) is 14.2. The van der Waals surface area contributed by atoms with Crippen LogP contribution in [0.3, 0.4) is 0 Å². The molecule has 0 N–H and O–H groups in total. The van der Waals surface area contributed by atoms with Gasteiger partial charge in [-0.1, -0.05) is 45.6 Å². The highest BCUT2D eigenvalue weighted by Crippen LogP contribution is 2.65. The molecule has 0 amide bonds. The zero-order valence-corrected chi connectivity index (χ0v) is 18.3. The average Bonchev–Trinajstić information content (AvgIpc) is 3.05. The molecule has 6 atom stereocenters. The number of ketones is 1. The van der Waals surface area contributed by atoms with E-state index < -0.39 is 30.0 Å². The summed E-state index contributed by atoms with van der Waals surface area (Å²) in [7, 11) is 0. The Bertz CT molecular complexity index is 884. The Labute approximate surface area is 184 Å². The van der Waals surface area contributed by atoms with Gasteiger partial charge in [-0.25, -0.2) is 0 Å². The topological polar surface area (TPSA) is 43.4 Å². The minimum atomic E-state index is -2.14. The summed E-state index contributed by atoms with van der Waals surface area (Å²) < 4.78 is 48.8. The fraction of sp³-hybridized carbons (Fsp3) is 0.846. The van der Waals surface area contributed by atoms with E-state index in [-0.39, 0.29) is 53.7 Å². The summed E-state index contributed by atoms with van der Waals surface area (Å²) in [5.41, 5.74) is -0.838. The van der Waals surface area contributed by atoms with Crippen LogP contribution in [-0.4, -0.2) is 17.9 Å². The molecule has 4 rings (SSSR count). The maximum atomic E-state index is 12.6. The summed E-state index contributed by atoms with van der Waals surface area (Å²) in [6.07, 6.45) is 3.95. The molecular formula is C26H40O3. The quantitative estimate of drug-likeness (QED) is 0.379. The van der Waals surface area contributed by atoms with E-state index in [1.807, 2.05) is 6.92 Å². The lowest BCUT2D eigenvalue weighted by atomic mass is 9.47. The van der Waals surface area contributed by atoms with Crippen LogP contribution in [0.15, 0.2) is 11.6 Å². The van der Waals surface area contributed by atoms with Crippen LogP contribution < -0.4 is 0 Å². The molecule has 0 aliphatic heterocycles. The highest BCUT2D eigenvalue weighted by Gasteiger charge is 2.59. The van der Waals surface area contributed by atoms with Gasteiger partial charge in [0.1, 0.15) is 6.10 Å². The van der Waals surface area contributed by atoms with Crippen molar-refractivity contribution in [2.75, 3.05) is 0 Å². The Balaban J connectivity index is 1.58. The first kappa shape index (κ1) is 15.6. The number of fused-ring (bicyclic) bond motifs is 5. The molecule has 3 saturated carbocycles. The summed E-state index contributed by atoms with van der Waals surface area (Å²) in [6.45, 7) is 6.23. The van der Waals surface area contributed by atoms with Gasteiger partial charge in [-0.3, -0.25) is 9.59 Å². The number of esters is 1. The maximum absolute atomic E-state index is 12.6. The van der Waals surface area contributed by atoms with Gasteiger partial charge in [0.25, 0.3) is 0 Å². The van der Waals surface area contributed by atoms with Crippen LogP contribution in [0.25, 0.3) is 0 Å².